The SMILES string of the molecule is CCC(C(=O)OC(C)(C)C)C(C)O. The molecule has 2 unspecified atom stereocenters. The molecule has 0 aliphatic heterocycles. The molecule has 0 fully saturated rings. The van der Waals surface area contributed by atoms with Gasteiger partial charge in [0.25, 0.3) is 0 Å². The van der Waals surface area contributed by atoms with Crippen LogP contribution in [0.4, 0.5) is 0 Å². The van der Waals surface area contributed by atoms with E-state index in [0.717, 1.165) is 0 Å². The van der Waals surface area contributed by atoms with Gasteiger partial charge in [-0.1, -0.05) is 6.92 Å². The van der Waals surface area contributed by atoms with E-state index in [0.29, 0.717) is 6.42 Å². The molecule has 0 aromatic rings. The molecule has 0 amide bonds. The summed E-state index contributed by atoms with van der Waals surface area (Å²) in [7, 11) is 0. The number of aliphatic hydroxyl groups excluding tert-OH is 1. The summed E-state index contributed by atoms with van der Waals surface area (Å²) in [6.07, 6.45) is -0.0353. The van der Waals surface area contributed by atoms with Gasteiger partial charge in [-0.3, -0.25) is 4.79 Å². The number of carbonyl (C=O) groups is 1. The van der Waals surface area contributed by atoms with Gasteiger partial charge < -0.3 is 9.84 Å². The average Bonchev–Trinajstić information content (AvgIpc) is 1.82. The summed E-state index contributed by atoms with van der Waals surface area (Å²) >= 11 is 0. The third kappa shape index (κ3) is 4.88. The molecule has 78 valence electrons. The van der Waals surface area contributed by atoms with Crippen LogP contribution >= 0.6 is 0 Å². The summed E-state index contributed by atoms with van der Waals surface area (Å²) in [5.41, 5.74) is -0.473. The molecule has 1 N–H and O–H groups in total. The molecule has 0 saturated heterocycles. The monoisotopic (exact) mass is 188 g/mol. The Labute approximate surface area is 80.1 Å². The Kier molecular flexibility index (Phi) is 4.40. The molecule has 13 heavy (non-hydrogen) atoms. The highest BCUT2D eigenvalue weighted by Crippen LogP contribution is 2.16. The van der Waals surface area contributed by atoms with Crippen molar-refractivity contribution in [2.24, 2.45) is 5.92 Å². The van der Waals surface area contributed by atoms with Gasteiger partial charge in [-0.25, -0.2) is 0 Å². The van der Waals surface area contributed by atoms with Crippen LogP contribution in [0.2, 0.25) is 0 Å². The van der Waals surface area contributed by atoms with Crippen LogP contribution in [0.1, 0.15) is 41.0 Å². The van der Waals surface area contributed by atoms with E-state index in [1.54, 1.807) is 6.92 Å². The van der Waals surface area contributed by atoms with Crippen LogP contribution in [0.15, 0.2) is 0 Å². The normalized spacial score (nSPS) is 16.5. The average molecular weight is 188 g/mol. The van der Waals surface area contributed by atoms with Crippen LogP contribution in [0.3, 0.4) is 0 Å². The van der Waals surface area contributed by atoms with E-state index in [1.807, 2.05) is 27.7 Å². The van der Waals surface area contributed by atoms with E-state index in [2.05, 4.69) is 0 Å². The van der Waals surface area contributed by atoms with Crippen LogP contribution in [0.25, 0.3) is 0 Å². The van der Waals surface area contributed by atoms with Crippen LogP contribution in [-0.4, -0.2) is 22.8 Å². The smallest absolute Gasteiger partial charge is 0.312 e. The molecule has 3 nitrogen and oxygen atoms in total. The largest absolute Gasteiger partial charge is 0.460 e. The van der Waals surface area contributed by atoms with E-state index < -0.39 is 17.6 Å². The van der Waals surface area contributed by atoms with Crippen molar-refractivity contribution in [2.75, 3.05) is 0 Å². The van der Waals surface area contributed by atoms with Crippen molar-refractivity contribution in [1.29, 1.82) is 0 Å². The first kappa shape index (κ1) is 12.4. The van der Waals surface area contributed by atoms with Crippen molar-refractivity contribution >= 4 is 5.97 Å². The molecule has 0 heterocycles. The summed E-state index contributed by atoms with van der Waals surface area (Å²) in [5, 5.41) is 9.28. The van der Waals surface area contributed by atoms with Gasteiger partial charge in [0.05, 0.1) is 12.0 Å². The lowest BCUT2D eigenvalue weighted by Gasteiger charge is -2.24. The van der Waals surface area contributed by atoms with E-state index in [-0.39, 0.29) is 5.97 Å². The molecule has 0 aliphatic carbocycles. The first-order valence-corrected chi connectivity index (χ1v) is 4.69. The topological polar surface area (TPSA) is 46.5 Å². The molecular formula is C10H20O3. The molecule has 0 aromatic carbocycles. The van der Waals surface area contributed by atoms with Crippen LogP contribution in [-0.2, 0) is 9.53 Å². The van der Waals surface area contributed by atoms with Gasteiger partial charge in [-0.05, 0) is 34.1 Å². The van der Waals surface area contributed by atoms with Gasteiger partial charge in [0.2, 0.25) is 0 Å². The van der Waals surface area contributed by atoms with Crippen LogP contribution in [0.5, 0.6) is 0 Å². The number of carbonyl (C=O) groups excluding carboxylic acids is 1. The lowest BCUT2D eigenvalue weighted by Crippen LogP contribution is -2.33. The van der Waals surface area contributed by atoms with Crippen molar-refractivity contribution in [1.82, 2.24) is 0 Å². The Morgan fingerprint density at radius 3 is 2.15 bits per heavy atom. The Morgan fingerprint density at radius 1 is 1.46 bits per heavy atom. The molecule has 0 aromatic heterocycles. The molecule has 2 atom stereocenters. The van der Waals surface area contributed by atoms with Crippen molar-refractivity contribution < 1.29 is 14.6 Å². The van der Waals surface area contributed by atoms with Gasteiger partial charge in [-0.2, -0.15) is 0 Å². The Morgan fingerprint density at radius 2 is 1.92 bits per heavy atom. The maximum Gasteiger partial charge on any atom is 0.312 e. The fraction of sp³-hybridized carbons (Fsp3) is 0.900. The third-order valence-corrected chi connectivity index (χ3v) is 1.73. The van der Waals surface area contributed by atoms with Crippen molar-refractivity contribution in [3.63, 3.8) is 0 Å². The molecule has 0 spiro atoms. The zero-order valence-corrected chi connectivity index (χ0v) is 9.13. The number of hydrogen-bond acceptors (Lipinski definition) is 3. The second-order valence-corrected chi connectivity index (χ2v) is 4.29. The summed E-state index contributed by atoms with van der Waals surface area (Å²) in [6.45, 7) is 8.93. The Balaban J connectivity index is 4.23. The minimum absolute atomic E-state index is 0.315. The van der Waals surface area contributed by atoms with E-state index in [1.165, 1.54) is 0 Å². The molecule has 0 radical (unpaired) electrons. The lowest BCUT2D eigenvalue weighted by atomic mass is 10.0. The maximum absolute atomic E-state index is 11.4. The molecule has 3 heteroatoms. The first-order valence-electron chi connectivity index (χ1n) is 4.69. The van der Waals surface area contributed by atoms with Gasteiger partial charge in [0.1, 0.15) is 5.60 Å². The van der Waals surface area contributed by atoms with Crippen molar-refractivity contribution in [3.05, 3.63) is 0 Å². The second kappa shape index (κ2) is 4.61. The Bertz CT molecular complexity index is 167. The number of esters is 1. The molecule has 0 rings (SSSR count). The number of aliphatic hydroxyl groups is 1. The van der Waals surface area contributed by atoms with E-state index in [9.17, 15) is 9.90 Å². The van der Waals surface area contributed by atoms with Crippen LogP contribution in [0, 0.1) is 5.92 Å². The van der Waals surface area contributed by atoms with Gasteiger partial charge in [0.15, 0.2) is 0 Å². The highest BCUT2D eigenvalue weighted by atomic mass is 16.6. The zero-order chi connectivity index (χ0) is 10.6. The number of hydrogen-bond donors (Lipinski definition) is 1. The first-order chi connectivity index (χ1) is 5.78. The molecule has 0 bridgehead atoms. The van der Waals surface area contributed by atoms with Gasteiger partial charge >= 0.3 is 5.97 Å². The van der Waals surface area contributed by atoms with Crippen molar-refractivity contribution in [3.8, 4) is 0 Å². The quantitative estimate of drug-likeness (QED) is 0.686. The van der Waals surface area contributed by atoms with E-state index in [4.69, 9.17) is 4.74 Å². The predicted octanol–water partition coefficient (Wildman–Crippen LogP) is 1.74. The molecule has 0 aliphatic rings. The highest BCUT2D eigenvalue weighted by Gasteiger charge is 2.26. The van der Waals surface area contributed by atoms with E-state index >= 15 is 0 Å². The zero-order valence-electron chi connectivity index (χ0n) is 9.13. The third-order valence-electron chi connectivity index (χ3n) is 1.73. The lowest BCUT2D eigenvalue weighted by molar-refractivity contribution is -0.163. The fourth-order valence-electron chi connectivity index (χ4n) is 1.08. The minimum atomic E-state index is -0.639. The van der Waals surface area contributed by atoms with Crippen LogP contribution < -0.4 is 0 Å². The number of ether oxygens (including phenoxy) is 1. The second-order valence-electron chi connectivity index (χ2n) is 4.29. The summed E-state index contributed by atoms with van der Waals surface area (Å²) in [4.78, 5) is 11.4. The predicted molar refractivity (Wildman–Crippen MR) is 51.3 cm³/mol. The minimum Gasteiger partial charge on any atom is -0.460 e. The summed E-state index contributed by atoms with van der Waals surface area (Å²) in [6, 6.07) is 0. The highest BCUT2D eigenvalue weighted by molar-refractivity contribution is 5.73. The molecule has 0 saturated carbocycles. The number of rotatable bonds is 3. The maximum atomic E-state index is 11.4. The summed E-state index contributed by atoms with van der Waals surface area (Å²) < 4.78 is 5.15. The standard InChI is InChI=1S/C10H20O3/c1-6-8(7(2)11)9(12)13-10(3,4)5/h7-8,11H,6H2,1-5H3. The van der Waals surface area contributed by atoms with Crippen molar-refractivity contribution in [2.45, 2.75) is 52.7 Å². The Hall–Kier alpha value is -0.570. The summed E-state index contributed by atoms with van der Waals surface area (Å²) in [5.74, 6) is -0.718. The molecular weight excluding hydrogens is 168 g/mol. The van der Waals surface area contributed by atoms with Gasteiger partial charge in [0, 0.05) is 0 Å². The fourth-order valence-corrected chi connectivity index (χ4v) is 1.08. The van der Waals surface area contributed by atoms with Gasteiger partial charge in [-0.15, -0.1) is 0 Å².